The van der Waals surface area contributed by atoms with E-state index in [-0.39, 0.29) is 23.6 Å². The van der Waals surface area contributed by atoms with Gasteiger partial charge in [0.25, 0.3) is 0 Å². The smallest absolute Gasteiger partial charge is 0.240 e. The summed E-state index contributed by atoms with van der Waals surface area (Å²) in [6.45, 7) is 0.798. The Hall–Kier alpha value is -3.93. The summed E-state index contributed by atoms with van der Waals surface area (Å²) in [7, 11) is 1.25. The summed E-state index contributed by atoms with van der Waals surface area (Å²) in [6.07, 6.45) is 1.38. The first-order valence-electron chi connectivity index (χ1n) is 12.1. The molecule has 1 aliphatic rings. The quantitative estimate of drug-likeness (QED) is 0.346. The van der Waals surface area contributed by atoms with Crippen LogP contribution in [0.5, 0.6) is 5.75 Å². The summed E-state index contributed by atoms with van der Waals surface area (Å²) in [5, 5.41) is 4.29. The number of rotatable bonds is 7. The number of nitrogen functional groups attached to an aromatic ring is 1. The molecule has 0 amide bonds. The molecule has 38 heavy (non-hydrogen) atoms. The summed E-state index contributed by atoms with van der Waals surface area (Å²) >= 11 is 0. The van der Waals surface area contributed by atoms with Gasteiger partial charge in [0.05, 0.1) is 24.7 Å². The number of aromatic nitrogens is 4. The normalized spacial score (nSPS) is 17.9. The number of methoxy groups -OCH3 is 1. The van der Waals surface area contributed by atoms with Gasteiger partial charge in [0.2, 0.25) is 6.43 Å². The Morgan fingerprint density at radius 1 is 1.13 bits per heavy atom. The number of benzene rings is 1. The van der Waals surface area contributed by atoms with Gasteiger partial charge in [-0.3, -0.25) is 4.98 Å². The largest absolute Gasteiger partial charge is 0.494 e. The summed E-state index contributed by atoms with van der Waals surface area (Å²) in [5.41, 5.74) is 14.2. The van der Waals surface area contributed by atoms with Crippen molar-refractivity contribution in [2.75, 3.05) is 30.8 Å². The molecule has 1 atom stereocenters. The average Bonchev–Trinajstić information content (AvgIpc) is 3.28. The minimum atomic E-state index is -2.52. The van der Waals surface area contributed by atoms with Crippen LogP contribution < -0.4 is 21.1 Å². The third-order valence-corrected chi connectivity index (χ3v) is 6.93. The number of piperidine rings is 1. The van der Waals surface area contributed by atoms with Crippen LogP contribution in [0.2, 0.25) is 0 Å². The number of hydrogen-bond acceptors (Lipinski definition) is 7. The molecular formula is C26H27F4N7O. The van der Waals surface area contributed by atoms with Gasteiger partial charge in [-0.2, -0.15) is 5.10 Å². The van der Waals surface area contributed by atoms with E-state index in [1.165, 1.54) is 13.4 Å². The van der Waals surface area contributed by atoms with Crippen molar-refractivity contribution in [3.05, 3.63) is 65.7 Å². The highest BCUT2D eigenvalue weighted by Crippen LogP contribution is 2.35. The van der Waals surface area contributed by atoms with E-state index < -0.39 is 30.0 Å². The summed E-state index contributed by atoms with van der Waals surface area (Å²) < 4.78 is 62.4. The van der Waals surface area contributed by atoms with E-state index in [2.05, 4.69) is 15.1 Å². The van der Waals surface area contributed by atoms with Crippen LogP contribution in [0.3, 0.4) is 0 Å². The van der Waals surface area contributed by atoms with Gasteiger partial charge in [0.15, 0.2) is 17.4 Å². The molecule has 1 fully saturated rings. The Morgan fingerprint density at radius 3 is 2.71 bits per heavy atom. The van der Waals surface area contributed by atoms with E-state index in [4.69, 9.17) is 16.2 Å². The van der Waals surface area contributed by atoms with Gasteiger partial charge in [-0.1, -0.05) is 0 Å². The van der Waals surface area contributed by atoms with Crippen molar-refractivity contribution in [1.29, 1.82) is 0 Å². The lowest BCUT2D eigenvalue weighted by atomic mass is 9.86. The second-order valence-corrected chi connectivity index (χ2v) is 9.59. The summed E-state index contributed by atoms with van der Waals surface area (Å²) in [5.74, 6) is -1.32. The lowest BCUT2D eigenvalue weighted by Crippen LogP contribution is -2.55. The van der Waals surface area contributed by atoms with Crippen LogP contribution in [0.1, 0.15) is 30.5 Å². The van der Waals surface area contributed by atoms with Crippen LogP contribution in [-0.4, -0.2) is 51.7 Å². The first kappa shape index (κ1) is 25.7. The molecule has 4 N–H and O–H groups in total. The first-order valence-corrected chi connectivity index (χ1v) is 12.1. The number of alkyl halides is 2. The van der Waals surface area contributed by atoms with Crippen molar-refractivity contribution in [1.82, 2.24) is 19.6 Å². The van der Waals surface area contributed by atoms with Crippen molar-refractivity contribution in [2.24, 2.45) is 5.73 Å². The highest BCUT2D eigenvalue weighted by molar-refractivity contribution is 5.68. The molecule has 1 aliphatic heterocycles. The standard InChI is InChI=1S/C26H27F4N7O/c1-38-23-10-18(27)17(9-19(23)28)20-8-15(7-16-3-4-21-25(31)34-14-35-37(16)21)22(12-33-20)36-6-2-5-26(32,13-36)11-24(29)30/h3-4,8-10,12,14,24H,2,5-7,11,13,32H2,1H3,(H2,31,34,35)/t26-/m0/s1. The van der Waals surface area contributed by atoms with Crippen LogP contribution in [0, 0.1) is 11.6 Å². The average molecular weight is 530 g/mol. The number of nitrogens with zero attached hydrogens (tertiary/aromatic N) is 5. The SMILES string of the molecule is COc1cc(F)c(-c2cc(Cc3ccc4c(N)ncnn34)c(N3CCC[C@](N)(CC(F)F)C3)cn2)cc1F. The first-order chi connectivity index (χ1) is 18.2. The van der Waals surface area contributed by atoms with Crippen LogP contribution in [0.15, 0.2) is 42.9 Å². The molecule has 1 saturated heterocycles. The fraction of sp³-hybridized carbons (Fsp3) is 0.346. The zero-order chi connectivity index (χ0) is 27.0. The monoisotopic (exact) mass is 529 g/mol. The highest BCUT2D eigenvalue weighted by atomic mass is 19.3. The Kier molecular flexibility index (Phi) is 6.82. The Balaban J connectivity index is 1.59. The maximum Gasteiger partial charge on any atom is 0.240 e. The molecule has 4 heterocycles. The van der Waals surface area contributed by atoms with Gasteiger partial charge in [-0.25, -0.2) is 27.1 Å². The Morgan fingerprint density at radius 2 is 1.95 bits per heavy atom. The van der Waals surface area contributed by atoms with Gasteiger partial charge in [-0.05, 0) is 42.7 Å². The molecule has 5 rings (SSSR count). The van der Waals surface area contributed by atoms with Crippen LogP contribution in [0.4, 0.5) is 29.1 Å². The predicted molar refractivity (Wildman–Crippen MR) is 135 cm³/mol. The number of hydrogen-bond donors (Lipinski definition) is 2. The van der Waals surface area contributed by atoms with E-state index in [9.17, 15) is 17.6 Å². The molecule has 0 radical (unpaired) electrons. The molecule has 1 aromatic carbocycles. The Labute approximate surface area is 216 Å². The van der Waals surface area contributed by atoms with Crippen molar-refractivity contribution in [2.45, 2.75) is 37.6 Å². The molecule has 0 saturated carbocycles. The molecule has 12 heteroatoms. The topological polar surface area (TPSA) is 108 Å². The van der Waals surface area contributed by atoms with Crippen molar-refractivity contribution < 1.29 is 22.3 Å². The van der Waals surface area contributed by atoms with Crippen molar-refractivity contribution in [3.63, 3.8) is 0 Å². The summed E-state index contributed by atoms with van der Waals surface area (Å²) in [6, 6.07) is 7.31. The van der Waals surface area contributed by atoms with Gasteiger partial charge in [-0.15, -0.1) is 0 Å². The lowest BCUT2D eigenvalue weighted by molar-refractivity contribution is 0.0983. The highest BCUT2D eigenvalue weighted by Gasteiger charge is 2.35. The second kappa shape index (κ2) is 10.1. The number of fused-ring (bicyclic) bond motifs is 1. The molecular weight excluding hydrogens is 502 g/mol. The molecule has 200 valence electrons. The van der Waals surface area contributed by atoms with Crippen LogP contribution >= 0.6 is 0 Å². The van der Waals surface area contributed by atoms with E-state index in [1.54, 1.807) is 22.8 Å². The molecule has 3 aromatic heterocycles. The number of ether oxygens (including phenoxy) is 1. The number of halogens is 4. The predicted octanol–water partition coefficient (Wildman–Crippen LogP) is 4.20. The van der Waals surface area contributed by atoms with E-state index >= 15 is 0 Å². The van der Waals surface area contributed by atoms with E-state index in [0.29, 0.717) is 48.4 Å². The Bertz CT molecular complexity index is 1480. The molecule has 0 aliphatic carbocycles. The fourth-order valence-electron chi connectivity index (χ4n) is 5.12. The van der Waals surface area contributed by atoms with E-state index in [0.717, 1.165) is 17.8 Å². The van der Waals surface area contributed by atoms with E-state index in [1.807, 2.05) is 11.0 Å². The van der Waals surface area contributed by atoms with Crippen LogP contribution in [-0.2, 0) is 6.42 Å². The number of anilines is 2. The third-order valence-electron chi connectivity index (χ3n) is 6.93. The zero-order valence-corrected chi connectivity index (χ0v) is 20.7. The summed E-state index contributed by atoms with van der Waals surface area (Å²) in [4.78, 5) is 10.4. The number of pyridine rings is 1. The van der Waals surface area contributed by atoms with Crippen LogP contribution in [0.25, 0.3) is 16.8 Å². The molecule has 4 aromatic rings. The van der Waals surface area contributed by atoms with Crippen molar-refractivity contribution >= 4 is 17.0 Å². The number of nitrogens with two attached hydrogens (primary N) is 2. The minimum Gasteiger partial charge on any atom is -0.494 e. The maximum absolute atomic E-state index is 14.9. The molecule has 8 nitrogen and oxygen atoms in total. The van der Waals surface area contributed by atoms with Crippen molar-refractivity contribution in [3.8, 4) is 17.0 Å². The fourth-order valence-corrected chi connectivity index (χ4v) is 5.12. The van der Waals surface area contributed by atoms with Gasteiger partial charge >= 0.3 is 0 Å². The third kappa shape index (κ3) is 4.95. The minimum absolute atomic E-state index is 0.0350. The molecule has 0 spiro atoms. The van der Waals surface area contributed by atoms with Gasteiger partial charge in [0, 0.05) is 48.8 Å². The molecule has 0 bridgehead atoms. The van der Waals surface area contributed by atoms with Gasteiger partial charge in [0.1, 0.15) is 17.7 Å². The zero-order valence-electron chi connectivity index (χ0n) is 20.7. The lowest BCUT2D eigenvalue weighted by Gasteiger charge is -2.42. The van der Waals surface area contributed by atoms with Gasteiger partial charge < -0.3 is 21.1 Å². The molecule has 0 unspecified atom stereocenters. The second-order valence-electron chi connectivity index (χ2n) is 9.59. The maximum atomic E-state index is 14.9.